The number of pyridine rings is 1. The van der Waals surface area contributed by atoms with Gasteiger partial charge in [-0.1, -0.05) is 6.07 Å². The van der Waals surface area contributed by atoms with Crippen LogP contribution in [-0.2, 0) is 6.54 Å². The molecule has 1 fully saturated rings. The molecule has 1 amide bonds. The second-order valence-electron chi connectivity index (χ2n) is 5.86. The molecule has 0 bridgehead atoms. The van der Waals surface area contributed by atoms with E-state index in [1.54, 1.807) is 12.4 Å². The number of carbonyl (C=O) groups is 1. The zero-order valence-corrected chi connectivity index (χ0v) is 13.2. The van der Waals surface area contributed by atoms with Gasteiger partial charge in [-0.3, -0.25) is 14.7 Å². The van der Waals surface area contributed by atoms with Crippen molar-refractivity contribution in [3.63, 3.8) is 0 Å². The van der Waals surface area contributed by atoms with Gasteiger partial charge < -0.3 is 4.90 Å². The predicted molar refractivity (Wildman–Crippen MR) is 88.4 cm³/mol. The molecule has 0 atom stereocenters. The van der Waals surface area contributed by atoms with Gasteiger partial charge in [0.1, 0.15) is 5.69 Å². The molecular formula is C17H18N6O. The monoisotopic (exact) mass is 322 g/mol. The number of hydrogen-bond donors (Lipinski definition) is 0. The van der Waals surface area contributed by atoms with Crippen LogP contribution >= 0.6 is 0 Å². The molecule has 24 heavy (non-hydrogen) atoms. The van der Waals surface area contributed by atoms with E-state index >= 15 is 0 Å². The fraction of sp³-hybridized carbons (Fsp3) is 0.294. The van der Waals surface area contributed by atoms with E-state index in [1.807, 2.05) is 33.8 Å². The second-order valence-corrected chi connectivity index (χ2v) is 5.86. The molecule has 1 aliphatic heterocycles. The maximum atomic E-state index is 12.4. The highest BCUT2D eigenvalue weighted by Crippen LogP contribution is 2.12. The zero-order chi connectivity index (χ0) is 16.4. The van der Waals surface area contributed by atoms with Crippen molar-refractivity contribution in [1.82, 2.24) is 29.4 Å². The number of piperazine rings is 1. The van der Waals surface area contributed by atoms with Gasteiger partial charge in [-0.25, -0.2) is 9.50 Å². The van der Waals surface area contributed by atoms with E-state index in [2.05, 4.69) is 26.0 Å². The first-order valence-electron chi connectivity index (χ1n) is 8.00. The number of rotatable bonds is 3. The molecule has 3 aromatic rings. The SMILES string of the molecule is O=C(c1cnccn1)N1CCN(Cc2cc3ccccn3n2)CC1. The summed E-state index contributed by atoms with van der Waals surface area (Å²) in [6.45, 7) is 3.86. The lowest BCUT2D eigenvalue weighted by Crippen LogP contribution is -2.48. The topological polar surface area (TPSA) is 66.6 Å². The molecule has 7 nitrogen and oxygen atoms in total. The van der Waals surface area contributed by atoms with Crippen LogP contribution in [0.15, 0.2) is 49.1 Å². The first-order valence-corrected chi connectivity index (χ1v) is 8.00. The number of aromatic nitrogens is 4. The Morgan fingerprint density at radius 2 is 2.00 bits per heavy atom. The summed E-state index contributed by atoms with van der Waals surface area (Å²) >= 11 is 0. The first-order chi connectivity index (χ1) is 11.8. The summed E-state index contributed by atoms with van der Waals surface area (Å²) < 4.78 is 1.89. The van der Waals surface area contributed by atoms with Gasteiger partial charge in [-0.15, -0.1) is 0 Å². The van der Waals surface area contributed by atoms with Gasteiger partial charge in [-0.2, -0.15) is 5.10 Å². The van der Waals surface area contributed by atoms with Gasteiger partial charge in [-0.05, 0) is 18.2 Å². The van der Waals surface area contributed by atoms with Crippen molar-refractivity contribution in [2.24, 2.45) is 0 Å². The van der Waals surface area contributed by atoms with Crippen LogP contribution in [0.3, 0.4) is 0 Å². The molecule has 3 aromatic heterocycles. The fourth-order valence-corrected chi connectivity index (χ4v) is 2.98. The van der Waals surface area contributed by atoms with Crippen molar-refractivity contribution in [3.05, 3.63) is 60.4 Å². The van der Waals surface area contributed by atoms with Gasteiger partial charge in [0.2, 0.25) is 0 Å². The quantitative estimate of drug-likeness (QED) is 0.722. The summed E-state index contributed by atoms with van der Waals surface area (Å²) in [6, 6.07) is 8.14. The smallest absolute Gasteiger partial charge is 0.274 e. The third-order valence-electron chi connectivity index (χ3n) is 4.25. The lowest BCUT2D eigenvalue weighted by Gasteiger charge is -2.34. The van der Waals surface area contributed by atoms with Crippen molar-refractivity contribution < 1.29 is 4.79 Å². The molecule has 0 N–H and O–H groups in total. The van der Waals surface area contributed by atoms with Crippen LogP contribution < -0.4 is 0 Å². The Balaban J connectivity index is 1.37. The van der Waals surface area contributed by atoms with Crippen LogP contribution in [0.25, 0.3) is 5.52 Å². The lowest BCUT2D eigenvalue weighted by molar-refractivity contribution is 0.0620. The first kappa shape index (κ1) is 14.8. The van der Waals surface area contributed by atoms with Crippen LogP contribution in [0.5, 0.6) is 0 Å². The highest BCUT2D eigenvalue weighted by Gasteiger charge is 2.23. The standard InChI is InChI=1S/C17H18N6O/c24-17(16-12-18-4-5-19-16)22-9-7-21(8-10-22)13-14-11-15-3-1-2-6-23(15)20-14/h1-6,11-12H,7-10,13H2. The van der Waals surface area contributed by atoms with E-state index in [4.69, 9.17) is 0 Å². The minimum Gasteiger partial charge on any atom is -0.335 e. The number of carbonyl (C=O) groups excluding carboxylic acids is 1. The summed E-state index contributed by atoms with van der Waals surface area (Å²) in [5.41, 5.74) is 2.56. The van der Waals surface area contributed by atoms with Crippen LogP contribution in [0, 0.1) is 0 Å². The van der Waals surface area contributed by atoms with E-state index in [9.17, 15) is 4.79 Å². The Bertz CT molecular complexity index is 805. The number of hydrogen-bond acceptors (Lipinski definition) is 5. The highest BCUT2D eigenvalue weighted by atomic mass is 16.2. The fourth-order valence-electron chi connectivity index (χ4n) is 2.98. The lowest BCUT2D eigenvalue weighted by atomic mass is 10.2. The number of amides is 1. The van der Waals surface area contributed by atoms with Crippen LogP contribution in [0.1, 0.15) is 16.2 Å². The summed E-state index contributed by atoms with van der Waals surface area (Å²) in [4.78, 5) is 24.6. The molecule has 122 valence electrons. The van der Waals surface area contributed by atoms with Gasteiger partial charge >= 0.3 is 0 Å². The second kappa shape index (κ2) is 6.37. The summed E-state index contributed by atoms with van der Waals surface area (Å²) in [6.07, 6.45) is 6.60. The summed E-state index contributed by atoms with van der Waals surface area (Å²) in [5.74, 6) is -0.0459. The third-order valence-corrected chi connectivity index (χ3v) is 4.25. The normalized spacial score (nSPS) is 15.8. The van der Waals surface area contributed by atoms with Gasteiger partial charge in [0, 0.05) is 51.3 Å². The van der Waals surface area contributed by atoms with E-state index in [1.165, 1.54) is 6.20 Å². The van der Waals surface area contributed by atoms with Crippen molar-refractivity contribution in [1.29, 1.82) is 0 Å². The van der Waals surface area contributed by atoms with E-state index < -0.39 is 0 Å². The molecule has 0 unspecified atom stereocenters. The molecule has 0 aromatic carbocycles. The molecule has 0 radical (unpaired) electrons. The van der Waals surface area contributed by atoms with Crippen LogP contribution in [0.4, 0.5) is 0 Å². The summed E-state index contributed by atoms with van der Waals surface area (Å²) in [7, 11) is 0. The van der Waals surface area contributed by atoms with Crippen molar-refractivity contribution in [2.75, 3.05) is 26.2 Å². The van der Waals surface area contributed by atoms with Gasteiger partial charge in [0.05, 0.1) is 17.4 Å². The average molecular weight is 322 g/mol. The Labute approximate surface area is 139 Å². The summed E-state index contributed by atoms with van der Waals surface area (Å²) in [5, 5.41) is 4.58. The number of fused-ring (bicyclic) bond motifs is 1. The molecule has 4 heterocycles. The molecule has 0 saturated carbocycles. The molecule has 4 rings (SSSR count). The van der Waals surface area contributed by atoms with Gasteiger partial charge in [0.15, 0.2) is 0 Å². The minimum atomic E-state index is -0.0459. The van der Waals surface area contributed by atoms with Crippen molar-refractivity contribution in [2.45, 2.75) is 6.54 Å². The molecule has 1 saturated heterocycles. The molecule has 0 aliphatic carbocycles. The molecule has 7 heteroatoms. The Morgan fingerprint density at radius 1 is 1.12 bits per heavy atom. The zero-order valence-electron chi connectivity index (χ0n) is 13.2. The molecule has 1 aliphatic rings. The van der Waals surface area contributed by atoms with Crippen molar-refractivity contribution >= 4 is 11.4 Å². The highest BCUT2D eigenvalue weighted by molar-refractivity contribution is 5.92. The largest absolute Gasteiger partial charge is 0.335 e. The van der Waals surface area contributed by atoms with E-state index in [0.717, 1.165) is 30.8 Å². The predicted octanol–water partition coefficient (Wildman–Crippen LogP) is 1.08. The van der Waals surface area contributed by atoms with E-state index in [-0.39, 0.29) is 5.91 Å². The number of nitrogens with zero attached hydrogens (tertiary/aromatic N) is 6. The molecular weight excluding hydrogens is 304 g/mol. The molecule has 0 spiro atoms. The van der Waals surface area contributed by atoms with Crippen molar-refractivity contribution in [3.8, 4) is 0 Å². The van der Waals surface area contributed by atoms with Gasteiger partial charge in [0.25, 0.3) is 5.91 Å². The Morgan fingerprint density at radius 3 is 2.75 bits per heavy atom. The average Bonchev–Trinajstić information content (AvgIpc) is 3.05. The van der Waals surface area contributed by atoms with Crippen LogP contribution in [-0.4, -0.2) is 61.5 Å². The van der Waals surface area contributed by atoms with Crippen LogP contribution in [0.2, 0.25) is 0 Å². The minimum absolute atomic E-state index is 0.0459. The Kier molecular flexibility index (Phi) is 3.92. The Hall–Kier alpha value is -2.80. The van der Waals surface area contributed by atoms with E-state index in [0.29, 0.717) is 18.8 Å². The maximum absolute atomic E-state index is 12.4. The maximum Gasteiger partial charge on any atom is 0.274 e. The third kappa shape index (κ3) is 2.98.